The average Bonchev–Trinajstić information content (AvgIpc) is 2.90. The maximum Gasteiger partial charge on any atom is 0.431 e. The van der Waals surface area contributed by atoms with Gasteiger partial charge in [0.25, 0.3) is 5.56 Å². The molecule has 13 heteroatoms. The molecule has 3 rings (SSSR count). The predicted molar refractivity (Wildman–Crippen MR) is 168 cm³/mol. The van der Waals surface area contributed by atoms with Crippen LogP contribution in [-0.4, -0.2) is 31.9 Å². The van der Waals surface area contributed by atoms with Gasteiger partial charge in [-0.15, -0.1) is 0 Å². The van der Waals surface area contributed by atoms with Crippen LogP contribution >= 0.6 is 27.5 Å². The molecule has 1 atom stereocenters. The number of ether oxygens (including phenoxy) is 1. The molecule has 0 saturated heterocycles. The second-order valence-corrected chi connectivity index (χ2v) is 13.2. The number of carbonyl (C=O) groups is 2. The van der Waals surface area contributed by atoms with E-state index in [0.717, 1.165) is 18.7 Å². The first-order chi connectivity index (χ1) is 20.1. The average molecular weight is 703 g/mol. The highest BCUT2D eigenvalue weighted by atomic mass is 79.9. The second kappa shape index (κ2) is 14.2. The minimum absolute atomic E-state index is 0.0104. The summed E-state index contributed by atoms with van der Waals surface area (Å²) in [7, 11) is 0.894. The van der Waals surface area contributed by atoms with Gasteiger partial charge in [0.1, 0.15) is 5.69 Å². The number of hydrogen-bond donors (Lipinski definition) is 1. The Bertz CT molecular complexity index is 1610. The lowest BCUT2D eigenvalue weighted by Crippen LogP contribution is -2.47. The Morgan fingerprint density at radius 2 is 1.52 bits per heavy atom. The number of nitrogens with one attached hydrogen (secondary N) is 1. The third kappa shape index (κ3) is 9.31. The quantitative estimate of drug-likeness (QED) is 0.230. The van der Waals surface area contributed by atoms with Crippen molar-refractivity contribution in [1.82, 2.24) is 14.5 Å². The number of alkyl halides is 4. The molecular formula is C31H36BrClF3N3O5. The predicted octanol–water partition coefficient (Wildman–Crippen LogP) is 6.62. The van der Waals surface area contributed by atoms with Crippen LogP contribution in [0.5, 0.6) is 0 Å². The highest BCUT2D eigenvalue weighted by Crippen LogP contribution is 2.29. The maximum absolute atomic E-state index is 12.9. The van der Waals surface area contributed by atoms with Crippen LogP contribution in [0.25, 0.3) is 5.69 Å². The Hall–Kier alpha value is -3.38. The second-order valence-electron chi connectivity index (χ2n) is 11.9. The van der Waals surface area contributed by atoms with Crippen molar-refractivity contribution in [2.24, 2.45) is 12.5 Å². The van der Waals surface area contributed by atoms with Crippen LogP contribution in [0, 0.1) is 5.41 Å². The minimum atomic E-state index is -4.86. The molecule has 0 bridgehead atoms. The lowest BCUT2D eigenvalue weighted by molar-refractivity contribution is -0.144. The Morgan fingerprint density at radius 1 is 0.955 bits per heavy atom. The van der Waals surface area contributed by atoms with E-state index in [1.54, 1.807) is 13.8 Å². The standard InChI is InChI=1S/C16H14ClF3N2O4.C15H22BrNO/c1-8(2)26-14(24)10-6-9(4-5-11(10)17)22-13(23)7-12(16(18,19)20)21(3)15(22)25;1-14(2,3)12(16)13(18)17-15(4,5)11-9-7-6-8-10-11/h4-8H,1-3H3;6-10,12H,1-5H3,(H,17,18). The summed E-state index contributed by atoms with van der Waals surface area (Å²) in [6, 6.07) is 13.9. The van der Waals surface area contributed by atoms with Gasteiger partial charge in [0.15, 0.2) is 0 Å². The molecule has 1 unspecified atom stereocenters. The summed E-state index contributed by atoms with van der Waals surface area (Å²) in [6.07, 6.45) is -5.30. The van der Waals surface area contributed by atoms with Gasteiger partial charge in [0.2, 0.25) is 5.91 Å². The van der Waals surface area contributed by atoms with Crippen molar-refractivity contribution >= 4 is 39.4 Å². The van der Waals surface area contributed by atoms with E-state index in [2.05, 4.69) is 21.2 Å². The van der Waals surface area contributed by atoms with Gasteiger partial charge in [-0.3, -0.25) is 14.2 Å². The van der Waals surface area contributed by atoms with Crippen molar-refractivity contribution in [2.75, 3.05) is 0 Å². The van der Waals surface area contributed by atoms with Crippen LogP contribution in [0.4, 0.5) is 13.2 Å². The molecule has 1 amide bonds. The fourth-order valence-electron chi connectivity index (χ4n) is 3.91. The van der Waals surface area contributed by atoms with Crippen LogP contribution in [-0.2, 0) is 28.3 Å². The van der Waals surface area contributed by atoms with Gasteiger partial charge in [0.05, 0.1) is 32.7 Å². The summed E-state index contributed by atoms with van der Waals surface area (Å²) < 4.78 is 44.5. The summed E-state index contributed by atoms with van der Waals surface area (Å²) >= 11 is 9.41. The van der Waals surface area contributed by atoms with Crippen LogP contribution in [0.1, 0.15) is 70.1 Å². The number of carbonyl (C=O) groups excluding carboxylic acids is 2. The fraction of sp³-hybridized carbons (Fsp3) is 0.419. The van der Waals surface area contributed by atoms with E-state index in [-0.39, 0.29) is 38.0 Å². The van der Waals surface area contributed by atoms with Gasteiger partial charge in [-0.05, 0) is 56.9 Å². The molecule has 0 aliphatic rings. The van der Waals surface area contributed by atoms with Crippen molar-refractivity contribution in [3.05, 3.63) is 97.3 Å². The molecule has 2 aromatic carbocycles. The number of esters is 1. The number of rotatable bonds is 6. The summed E-state index contributed by atoms with van der Waals surface area (Å²) in [5.41, 5.74) is -3.37. The minimum Gasteiger partial charge on any atom is -0.459 e. The van der Waals surface area contributed by atoms with Crippen LogP contribution < -0.4 is 16.6 Å². The number of hydrogen-bond acceptors (Lipinski definition) is 5. The van der Waals surface area contributed by atoms with Crippen molar-refractivity contribution in [2.45, 2.75) is 71.1 Å². The third-order valence-corrected chi connectivity index (χ3v) is 8.42. The number of nitrogens with zero attached hydrogens (tertiary/aromatic N) is 2. The Kier molecular flexibility index (Phi) is 11.8. The highest BCUT2D eigenvalue weighted by Gasteiger charge is 2.35. The molecule has 0 spiro atoms. The first-order valence-electron chi connectivity index (χ1n) is 13.5. The first kappa shape index (κ1) is 36.8. The molecule has 3 aromatic rings. The normalized spacial score (nSPS) is 12.7. The molecule has 1 N–H and O–H groups in total. The maximum atomic E-state index is 12.9. The van der Waals surface area contributed by atoms with Crippen LogP contribution in [0.15, 0.2) is 64.2 Å². The lowest BCUT2D eigenvalue weighted by Gasteiger charge is -2.31. The SMILES string of the molecule is CC(C)(NC(=O)C(Br)C(C)(C)C)c1ccccc1.CC(C)OC(=O)c1cc(-n2c(=O)cc(C(F)(F)F)n(C)c2=O)ccc1Cl. The number of aromatic nitrogens is 2. The zero-order valence-electron chi connectivity index (χ0n) is 25.7. The number of halogens is 5. The van der Waals surface area contributed by atoms with Gasteiger partial charge in [-0.25, -0.2) is 14.2 Å². The summed E-state index contributed by atoms with van der Waals surface area (Å²) in [4.78, 5) is 48.5. The lowest BCUT2D eigenvalue weighted by atomic mass is 9.89. The van der Waals surface area contributed by atoms with E-state index in [9.17, 15) is 32.3 Å². The molecule has 44 heavy (non-hydrogen) atoms. The van der Waals surface area contributed by atoms with E-state index in [1.165, 1.54) is 12.1 Å². The Balaban J connectivity index is 0.000000329. The van der Waals surface area contributed by atoms with E-state index in [4.69, 9.17) is 16.3 Å². The molecule has 1 heterocycles. The van der Waals surface area contributed by atoms with Gasteiger partial charge in [0, 0.05) is 13.1 Å². The van der Waals surface area contributed by atoms with E-state index < -0.39 is 35.2 Å². The van der Waals surface area contributed by atoms with Gasteiger partial charge in [-0.1, -0.05) is 78.6 Å². The van der Waals surface area contributed by atoms with Crippen LogP contribution in [0.2, 0.25) is 5.02 Å². The van der Waals surface area contributed by atoms with Crippen LogP contribution in [0.3, 0.4) is 0 Å². The number of benzene rings is 2. The van der Waals surface area contributed by atoms with E-state index >= 15 is 0 Å². The fourth-order valence-corrected chi connectivity index (χ4v) is 4.22. The first-order valence-corrected chi connectivity index (χ1v) is 14.8. The van der Waals surface area contributed by atoms with Crippen molar-refractivity contribution in [3.63, 3.8) is 0 Å². The zero-order chi connectivity index (χ0) is 33.8. The molecule has 0 radical (unpaired) electrons. The molecule has 0 saturated carbocycles. The van der Waals surface area contributed by atoms with E-state index in [1.807, 2.05) is 65.0 Å². The largest absolute Gasteiger partial charge is 0.459 e. The molecule has 240 valence electrons. The summed E-state index contributed by atoms with van der Waals surface area (Å²) in [5, 5.41) is 3.10. The monoisotopic (exact) mass is 701 g/mol. The molecule has 0 aliphatic heterocycles. The van der Waals surface area contributed by atoms with Gasteiger partial charge in [-0.2, -0.15) is 13.2 Å². The summed E-state index contributed by atoms with van der Waals surface area (Å²) in [6.45, 7) is 13.4. The molecule has 0 fully saturated rings. The van der Waals surface area contributed by atoms with Gasteiger partial charge >= 0.3 is 17.8 Å². The molecular weight excluding hydrogens is 667 g/mol. The zero-order valence-corrected chi connectivity index (χ0v) is 28.0. The van der Waals surface area contributed by atoms with Crippen molar-refractivity contribution in [3.8, 4) is 5.69 Å². The van der Waals surface area contributed by atoms with Crippen molar-refractivity contribution < 1.29 is 27.5 Å². The topological polar surface area (TPSA) is 99.4 Å². The van der Waals surface area contributed by atoms with Gasteiger partial charge < -0.3 is 10.1 Å². The Labute approximate surface area is 267 Å². The Morgan fingerprint density at radius 3 is 2.02 bits per heavy atom. The summed E-state index contributed by atoms with van der Waals surface area (Å²) in [5.74, 6) is -0.764. The highest BCUT2D eigenvalue weighted by molar-refractivity contribution is 9.10. The smallest absolute Gasteiger partial charge is 0.431 e. The third-order valence-electron chi connectivity index (χ3n) is 6.30. The molecule has 1 aromatic heterocycles. The van der Waals surface area contributed by atoms with E-state index in [0.29, 0.717) is 15.2 Å². The van der Waals surface area contributed by atoms with Crippen molar-refractivity contribution in [1.29, 1.82) is 0 Å². The molecule has 8 nitrogen and oxygen atoms in total. The number of amides is 1. The molecule has 0 aliphatic carbocycles.